The van der Waals surface area contributed by atoms with E-state index < -0.39 is 0 Å². The molecule has 6 nitrogen and oxygen atoms in total. The third-order valence-electron chi connectivity index (χ3n) is 5.42. The quantitative estimate of drug-likeness (QED) is 0.791. The summed E-state index contributed by atoms with van der Waals surface area (Å²) in [4.78, 5) is 29.6. The molecule has 27 heavy (non-hydrogen) atoms. The number of aromatic nitrogens is 2. The van der Waals surface area contributed by atoms with Crippen LogP contribution in [-0.4, -0.2) is 71.5 Å². The molecule has 2 saturated heterocycles. The molecule has 2 aliphatic rings. The molecule has 2 aliphatic heterocycles. The molecule has 7 heteroatoms. The summed E-state index contributed by atoms with van der Waals surface area (Å²) in [5.41, 5.74) is 0.883. The van der Waals surface area contributed by atoms with E-state index in [4.69, 9.17) is 0 Å². The lowest BCUT2D eigenvalue weighted by Crippen LogP contribution is -2.49. The van der Waals surface area contributed by atoms with Crippen molar-refractivity contribution >= 4 is 23.1 Å². The highest BCUT2D eigenvalue weighted by Gasteiger charge is 2.26. The van der Waals surface area contributed by atoms with Gasteiger partial charge in [-0.2, -0.15) is 0 Å². The summed E-state index contributed by atoms with van der Waals surface area (Å²) < 4.78 is 0. The minimum absolute atomic E-state index is 0.137. The van der Waals surface area contributed by atoms with Crippen LogP contribution >= 0.6 is 11.3 Å². The Kier molecular flexibility index (Phi) is 5.69. The Morgan fingerprint density at radius 2 is 1.89 bits per heavy atom. The Bertz CT molecular complexity index is 764. The van der Waals surface area contributed by atoms with Crippen LogP contribution in [0.4, 0.5) is 5.82 Å². The van der Waals surface area contributed by atoms with E-state index in [1.807, 2.05) is 36.2 Å². The van der Waals surface area contributed by atoms with Crippen LogP contribution in [-0.2, 0) is 6.42 Å². The predicted octanol–water partition coefficient (Wildman–Crippen LogP) is 2.45. The summed E-state index contributed by atoms with van der Waals surface area (Å²) in [6.45, 7) is 8.54. The Hall–Kier alpha value is -1.99. The molecule has 0 saturated carbocycles. The topological polar surface area (TPSA) is 52.6 Å². The number of anilines is 1. The highest BCUT2D eigenvalue weighted by atomic mass is 32.1. The number of piperazine rings is 1. The van der Waals surface area contributed by atoms with Crippen molar-refractivity contribution < 1.29 is 4.79 Å². The normalized spacial score (nSPS) is 18.3. The second-order valence-electron chi connectivity index (χ2n) is 7.29. The first-order valence-corrected chi connectivity index (χ1v) is 10.7. The number of amides is 1. The summed E-state index contributed by atoms with van der Waals surface area (Å²) in [7, 11) is 0. The molecule has 0 unspecified atom stereocenters. The lowest BCUT2D eigenvalue weighted by Gasteiger charge is -2.35. The second kappa shape index (κ2) is 8.35. The molecule has 2 fully saturated rings. The largest absolute Gasteiger partial charge is 0.353 e. The Balaban J connectivity index is 1.34. The van der Waals surface area contributed by atoms with Gasteiger partial charge in [0, 0.05) is 45.3 Å². The summed E-state index contributed by atoms with van der Waals surface area (Å²) in [6, 6.07) is 5.96. The van der Waals surface area contributed by atoms with E-state index in [9.17, 15) is 4.79 Å². The smallest absolute Gasteiger partial charge is 0.265 e. The van der Waals surface area contributed by atoms with Gasteiger partial charge in [-0.15, -0.1) is 11.3 Å². The first kappa shape index (κ1) is 18.4. The van der Waals surface area contributed by atoms with E-state index in [-0.39, 0.29) is 5.91 Å². The molecule has 0 spiro atoms. The highest BCUT2D eigenvalue weighted by molar-refractivity contribution is 7.13. The lowest BCUT2D eigenvalue weighted by molar-refractivity contribution is 0.0750. The van der Waals surface area contributed by atoms with E-state index >= 15 is 0 Å². The molecule has 2 aromatic heterocycles. The van der Waals surface area contributed by atoms with Gasteiger partial charge in [0.1, 0.15) is 10.7 Å². The zero-order valence-corrected chi connectivity index (χ0v) is 16.7. The van der Waals surface area contributed by atoms with Gasteiger partial charge in [0.15, 0.2) is 0 Å². The van der Waals surface area contributed by atoms with Crippen molar-refractivity contribution in [2.75, 3.05) is 50.7 Å². The van der Waals surface area contributed by atoms with Crippen LogP contribution in [0.1, 0.15) is 33.2 Å². The molecule has 2 aromatic rings. The SMILES string of the molecule is Cc1nc(CCN2CCCC2)sc1C(=O)N1CCN(c2ccccn2)CC1. The van der Waals surface area contributed by atoms with Crippen LogP contribution < -0.4 is 4.90 Å². The summed E-state index contributed by atoms with van der Waals surface area (Å²) in [6.07, 6.45) is 5.39. The van der Waals surface area contributed by atoms with Crippen molar-refractivity contribution in [1.82, 2.24) is 19.8 Å². The van der Waals surface area contributed by atoms with Crippen LogP contribution in [0.5, 0.6) is 0 Å². The molecule has 0 bridgehead atoms. The monoisotopic (exact) mass is 385 g/mol. The van der Waals surface area contributed by atoms with Crippen LogP contribution in [0, 0.1) is 6.92 Å². The van der Waals surface area contributed by atoms with E-state index in [0.29, 0.717) is 0 Å². The average molecular weight is 386 g/mol. The van der Waals surface area contributed by atoms with Crippen molar-refractivity contribution in [3.63, 3.8) is 0 Å². The molecule has 4 heterocycles. The minimum Gasteiger partial charge on any atom is -0.353 e. The van der Waals surface area contributed by atoms with Gasteiger partial charge in [-0.25, -0.2) is 9.97 Å². The van der Waals surface area contributed by atoms with Gasteiger partial charge in [-0.3, -0.25) is 4.79 Å². The zero-order chi connectivity index (χ0) is 18.6. The van der Waals surface area contributed by atoms with Crippen LogP contribution in [0.2, 0.25) is 0 Å². The van der Waals surface area contributed by atoms with Gasteiger partial charge in [-0.05, 0) is 45.0 Å². The first-order chi connectivity index (χ1) is 13.2. The molecule has 0 N–H and O–H groups in total. The lowest BCUT2D eigenvalue weighted by atomic mass is 10.2. The van der Waals surface area contributed by atoms with Crippen LogP contribution in [0.3, 0.4) is 0 Å². The van der Waals surface area contributed by atoms with E-state index in [0.717, 1.165) is 60.5 Å². The Labute approximate surface area is 164 Å². The van der Waals surface area contributed by atoms with Gasteiger partial charge < -0.3 is 14.7 Å². The van der Waals surface area contributed by atoms with Crippen molar-refractivity contribution in [3.05, 3.63) is 40.0 Å². The Morgan fingerprint density at radius 3 is 2.59 bits per heavy atom. The molecule has 0 atom stereocenters. The fraction of sp³-hybridized carbons (Fsp3) is 0.550. The van der Waals surface area contributed by atoms with Crippen LogP contribution in [0.15, 0.2) is 24.4 Å². The highest BCUT2D eigenvalue weighted by Crippen LogP contribution is 2.22. The number of pyridine rings is 1. The van der Waals surface area contributed by atoms with Crippen molar-refractivity contribution in [1.29, 1.82) is 0 Å². The maximum Gasteiger partial charge on any atom is 0.265 e. The molecule has 1 amide bonds. The van der Waals surface area contributed by atoms with Gasteiger partial charge in [0.25, 0.3) is 5.91 Å². The van der Waals surface area contributed by atoms with Gasteiger partial charge in [0.05, 0.1) is 10.7 Å². The molecular formula is C20H27N5OS. The Morgan fingerprint density at radius 1 is 1.11 bits per heavy atom. The standard InChI is InChI=1S/C20H27N5OS/c1-16-19(27-18(22-16)7-11-23-9-4-5-10-23)20(26)25-14-12-24(13-15-25)17-6-2-3-8-21-17/h2-3,6,8H,4-5,7,9-15H2,1H3. The maximum atomic E-state index is 13.0. The summed E-state index contributed by atoms with van der Waals surface area (Å²) in [5.74, 6) is 1.13. The van der Waals surface area contributed by atoms with E-state index in [1.54, 1.807) is 11.3 Å². The molecular weight excluding hydrogens is 358 g/mol. The fourth-order valence-electron chi connectivity index (χ4n) is 3.84. The number of aryl methyl sites for hydroxylation is 1. The van der Waals surface area contributed by atoms with Gasteiger partial charge in [0.2, 0.25) is 0 Å². The van der Waals surface area contributed by atoms with Crippen molar-refractivity contribution in [2.24, 2.45) is 0 Å². The maximum absolute atomic E-state index is 13.0. The number of likely N-dealkylation sites (tertiary alicyclic amines) is 1. The number of rotatable bonds is 5. The molecule has 0 radical (unpaired) electrons. The third kappa shape index (κ3) is 4.30. The molecule has 144 valence electrons. The van der Waals surface area contributed by atoms with Gasteiger partial charge >= 0.3 is 0 Å². The fourth-order valence-corrected chi connectivity index (χ4v) is 4.86. The van der Waals surface area contributed by atoms with E-state index in [2.05, 4.69) is 19.8 Å². The summed E-state index contributed by atoms with van der Waals surface area (Å²) in [5, 5.41) is 1.09. The minimum atomic E-state index is 0.137. The average Bonchev–Trinajstić information content (AvgIpc) is 3.36. The number of nitrogens with zero attached hydrogens (tertiary/aromatic N) is 5. The molecule has 0 aromatic carbocycles. The van der Waals surface area contributed by atoms with Crippen molar-refractivity contribution in [3.8, 4) is 0 Å². The number of hydrogen-bond donors (Lipinski definition) is 0. The van der Waals surface area contributed by atoms with Crippen LogP contribution in [0.25, 0.3) is 0 Å². The second-order valence-corrected chi connectivity index (χ2v) is 8.37. The van der Waals surface area contributed by atoms with E-state index in [1.165, 1.54) is 25.9 Å². The third-order valence-corrected chi connectivity index (χ3v) is 6.62. The number of carbonyl (C=O) groups excluding carboxylic acids is 1. The number of carbonyl (C=O) groups is 1. The van der Waals surface area contributed by atoms with Gasteiger partial charge in [-0.1, -0.05) is 6.07 Å². The summed E-state index contributed by atoms with van der Waals surface area (Å²) >= 11 is 1.59. The molecule has 4 rings (SSSR count). The number of thiazole rings is 1. The number of hydrogen-bond acceptors (Lipinski definition) is 6. The molecule has 0 aliphatic carbocycles. The van der Waals surface area contributed by atoms with Crippen molar-refractivity contribution in [2.45, 2.75) is 26.2 Å². The predicted molar refractivity (Wildman–Crippen MR) is 109 cm³/mol. The zero-order valence-electron chi connectivity index (χ0n) is 15.9. The first-order valence-electron chi connectivity index (χ1n) is 9.84.